The lowest BCUT2D eigenvalue weighted by atomic mass is 10.1. The lowest BCUT2D eigenvalue weighted by molar-refractivity contribution is 0.768. The van der Waals surface area contributed by atoms with Gasteiger partial charge >= 0.3 is 0 Å². The van der Waals surface area contributed by atoms with Gasteiger partial charge in [-0.2, -0.15) is 15.2 Å². The van der Waals surface area contributed by atoms with Crippen molar-refractivity contribution in [3.05, 3.63) is 78.7 Å². The van der Waals surface area contributed by atoms with Crippen LogP contribution in [0.2, 0.25) is 5.15 Å². The summed E-state index contributed by atoms with van der Waals surface area (Å²) in [5.41, 5.74) is 17.8. The van der Waals surface area contributed by atoms with Crippen LogP contribution in [0, 0.1) is 0 Å². The number of fused-ring (bicyclic) bond motifs is 2. The summed E-state index contributed by atoms with van der Waals surface area (Å²) >= 11 is 5.87. The quantitative estimate of drug-likeness (QED) is 0.196. The molecule has 6 aromatic heterocycles. The van der Waals surface area contributed by atoms with Crippen LogP contribution in [0.3, 0.4) is 0 Å². The van der Waals surface area contributed by atoms with Crippen LogP contribution in [-0.2, 0) is 14.1 Å². The molecular weight excluding hydrogens is 516 g/mol. The summed E-state index contributed by atoms with van der Waals surface area (Å²) in [5.74, 6) is 0.492. The Bertz CT molecular complexity index is 1840. The van der Waals surface area contributed by atoms with Gasteiger partial charge in [-0.05, 0) is 36.4 Å². The van der Waals surface area contributed by atoms with E-state index in [0.29, 0.717) is 16.5 Å². The molecule has 13 heteroatoms. The first-order chi connectivity index (χ1) is 18.9. The predicted molar refractivity (Wildman–Crippen MR) is 152 cm³/mol. The summed E-state index contributed by atoms with van der Waals surface area (Å²) in [4.78, 5) is 25.2. The van der Waals surface area contributed by atoms with Crippen molar-refractivity contribution >= 4 is 51.8 Å². The van der Waals surface area contributed by atoms with Crippen LogP contribution in [0.4, 0.5) is 5.82 Å². The first kappa shape index (κ1) is 25.4. The standard InChI is InChI=1S/C14H14N8.C12H9ClN4/c1-22-7-10(6-19-22)9-4-12-11(17-5-9)2-3-13(20-12)21-14(16)18-8-15;1-17-7-9(6-15-17)8-4-11-10(14-5-8)2-3-12(13)16-11/h2-8H,1H3,(H4,15,16,18,20,21);2-7H,1H3. The number of pyridine rings is 4. The predicted octanol–water partition coefficient (Wildman–Crippen LogP) is 3.65. The minimum atomic E-state index is 0.0470. The molecule has 0 unspecified atom stereocenters. The Kier molecular flexibility index (Phi) is 7.19. The highest BCUT2D eigenvalue weighted by atomic mass is 35.5. The highest BCUT2D eigenvalue weighted by Gasteiger charge is 2.06. The Balaban J connectivity index is 0.000000163. The van der Waals surface area contributed by atoms with E-state index in [2.05, 4.69) is 40.1 Å². The smallest absolute Gasteiger partial charge is 0.223 e. The van der Waals surface area contributed by atoms with Gasteiger partial charge in [-0.15, -0.1) is 0 Å². The van der Waals surface area contributed by atoms with Gasteiger partial charge in [0, 0.05) is 61.1 Å². The molecule has 0 spiro atoms. The van der Waals surface area contributed by atoms with E-state index in [9.17, 15) is 0 Å². The number of rotatable bonds is 3. The molecule has 6 aromatic rings. The van der Waals surface area contributed by atoms with Crippen molar-refractivity contribution in [3.8, 4) is 22.3 Å². The van der Waals surface area contributed by atoms with Crippen LogP contribution in [0.15, 0.2) is 83.6 Å². The molecule has 0 saturated carbocycles. The monoisotopic (exact) mass is 538 g/mol. The zero-order valence-electron chi connectivity index (χ0n) is 21.0. The van der Waals surface area contributed by atoms with E-state index in [4.69, 9.17) is 23.1 Å². The average Bonchev–Trinajstić information content (AvgIpc) is 3.56. The molecule has 0 aliphatic carbocycles. The molecule has 6 heterocycles. The molecule has 0 fully saturated rings. The van der Waals surface area contributed by atoms with Crippen molar-refractivity contribution in [3.63, 3.8) is 0 Å². The SMILES string of the molecule is Cn1cc(-c2cnc3ccc(Cl)nc3c2)cn1.Cn1cc(-c2cnc3ccc(N=C(N)N=CN)nc3c2)cn1. The number of aryl methyl sites for hydroxylation is 2. The Hall–Kier alpha value is -5.23. The van der Waals surface area contributed by atoms with Crippen molar-refractivity contribution in [1.82, 2.24) is 39.5 Å². The second-order valence-electron chi connectivity index (χ2n) is 8.38. The maximum Gasteiger partial charge on any atom is 0.223 e. The molecule has 0 saturated heterocycles. The van der Waals surface area contributed by atoms with Crippen molar-refractivity contribution in [2.45, 2.75) is 0 Å². The van der Waals surface area contributed by atoms with E-state index in [-0.39, 0.29) is 5.96 Å². The third-order valence-corrected chi connectivity index (χ3v) is 5.75. The van der Waals surface area contributed by atoms with E-state index in [1.165, 1.54) is 0 Å². The van der Waals surface area contributed by atoms with Crippen LogP contribution < -0.4 is 11.5 Å². The molecule has 194 valence electrons. The Morgan fingerprint density at radius 2 is 1.33 bits per heavy atom. The van der Waals surface area contributed by atoms with Crippen LogP contribution in [-0.4, -0.2) is 51.8 Å². The van der Waals surface area contributed by atoms with Crippen molar-refractivity contribution in [2.24, 2.45) is 35.5 Å². The fourth-order valence-electron chi connectivity index (χ4n) is 3.72. The van der Waals surface area contributed by atoms with Crippen LogP contribution >= 0.6 is 11.6 Å². The number of aromatic nitrogens is 8. The maximum atomic E-state index is 5.87. The number of nitrogens with two attached hydrogens (primary N) is 2. The average molecular weight is 539 g/mol. The molecule has 12 nitrogen and oxygen atoms in total. The van der Waals surface area contributed by atoms with Crippen molar-refractivity contribution in [1.29, 1.82) is 0 Å². The zero-order chi connectivity index (χ0) is 27.4. The molecular formula is C26H23ClN12. The van der Waals surface area contributed by atoms with Crippen molar-refractivity contribution in [2.75, 3.05) is 0 Å². The Morgan fingerprint density at radius 1 is 0.769 bits per heavy atom. The van der Waals surface area contributed by atoms with Gasteiger partial charge in [0.25, 0.3) is 0 Å². The molecule has 0 radical (unpaired) electrons. The van der Waals surface area contributed by atoms with Gasteiger partial charge in [0.1, 0.15) is 5.15 Å². The van der Waals surface area contributed by atoms with E-state index in [1.54, 1.807) is 40.1 Å². The third kappa shape index (κ3) is 6.02. The van der Waals surface area contributed by atoms with Crippen LogP contribution in [0.5, 0.6) is 0 Å². The van der Waals surface area contributed by atoms with Crippen LogP contribution in [0.1, 0.15) is 0 Å². The minimum absolute atomic E-state index is 0.0470. The summed E-state index contributed by atoms with van der Waals surface area (Å²) < 4.78 is 3.49. The lowest BCUT2D eigenvalue weighted by Crippen LogP contribution is -2.09. The van der Waals surface area contributed by atoms with E-state index in [0.717, 1.165) is 45.1 Å². The first-order valence-corrected chi connectivity index (χ1v) is 12.0. The molecule has 0 atom stereocenters. The highest BCUT2D eigenvalue weighted by Crippen LogP contribution is 2.23. The summed E-state index contributed by atoms with van der Waals surface area (Å²) in [6, 6.07) is 11.0. The second-order valence-corrected chi connectivity index (χ2v) is 8.77. The normalized spacial score (nSPS) is 11.7. The van der Waals surface area contributed by atoms with Gasteiger partial charge < -0.3 is 11.5 Å². The molecule has 39 heavy (non-hydrogen) atoms. The fraction of sp³-hybridized carbons (Fsp3) is 0.0769. The van der Waals surface area contributed by atoms with Gasteiger partial charge in [0.2, 0.25) is 5.96 Å². The fourth-order valence-corrected chi connectivity index (χ4v) is 3.87. The number of guanidine groups is 1. The first-order valence-electron chi connectivity index (χ1n) is 11.6. The molecule has 0 amide bonds. The molecule has 0 aliphatic rings. The highest BCUT2D eigenvalue weighted by molar-refractivity contribution is 6.29. The van der Waals surface area contributed by atoms with E-state index in [1.807, 2.05) is 57.0 Å². The van der Waals surface area contributed by atoms with Crippen LogP contribution in [0.25, 0.3) is 44.3 Å². The number of hydrogen-bond donors (Lipinski definition) is 2. The molecule has 0 aliphatic heterocycles. The number of aliphatic imine (C=N–C) groups is 2. The summed E-state index contributed by atoms with van der Waals surface area (Å²) in [6.45, 7) is 0. The molecule has 0 aromatic carbocycles. The summed E-state index contributed by atoms with van der Waals surface area (Å²) in [7, 11) is 3.75. The number of hydrogen-bond acceptors (Lipinski definition) is 7. The minimum Gasteiger partial charge on any atom is -0.390 e. The Morgan fingerprint density at radius 3 is 1.87 bits per heavy atom. The number of nitrogens with zero attached hydrogens (tertiary/aromatic N) is 10. The van der Waals surface area contributed by atoms with Gasteiger partial charge in [0.15, 0.2) is 5.82 Å². The van der Waals surface area contributed by atoms with Gasteiger partial charge in [-0.1, -0.05) is 11.6 Å². The number of halogens is 1. The summed E-state index contributed by atoms with van der Waals surface area (Å²) in [5, 5.41) is 8.76. The largest absolute Gasteiger partial charge is 0.390 e. The summed E-state index contributed by atoms with van der Waals surface area (Å²) in [6.07, 6.45) is 12.1. The van der Waals surface area contributed by atoms with Gasteiger partial charge in [-0.25, -0.2) is 15.0 Å². The van der Waals surface area contributed by atoms with Crippen molar-refractivity contribution < 1.29 is 0 Å². The van der Waals surface area contributed by atoms with E-state index >= 15 is 0 Å². The van der Waals surface area contributed by atoms with Gasteiger partial charge in [0.05, 0.1) is 40.8 Å². The second kappa shape index (κ2) is 11.0. The maximum absolute atomic E-state index is 5.87. The molecule has 6 rings (SSSR count). The lowest BCUT2D eigenvalue weighted by Gasteiger charge is -2.01. The van der Waals surface area contributed by atoms with E-state index < -0.39 is 0 Å². The topological polar surface area (TPSA) is 164 Å². The molecule has 4 N–H and O–H groups in total. The molecule has 0 bridgehead atoms. The Labute approximate surface area is 227 Å². The third-order valence-electron chi connectivity index (χ3n) is 5.54. The zero-order valence-corrected chi connectivity index (χ0v) is 21.8. The van der Waals surface area contributed by atoms with Gasteiger partial charge in [-0.3, -0.25) is 19.3 Å².